The summed E-state index contributed by atoms with van der Waals surface area (Å²) in [4.78, 5) is 27.2. The normalized spacial score (nSPS) is 13.1. The SMILES string of the molecule is COc1ccc(C(=O)NCC(=O)N(Cc2ccc(C(C)C)cc2)C2CC2)cc1OC. The number of hydrogen-bond acceptors (Lipinski definition) is 4. The van der Waals surface area contributed by atoms with Gasteiger partial charge in [0.15, 0.2) is 11.5 Å². The Morgan fingerprint density at radius 3 is 2.27 bits per heavy atom. The van der Waals surface area contributed by atoms with Gasteiger partial charge in [-0.2, -0.15) is 0 Å². The van der Waals surface area contributed by atoms with Crippen molar-refractivity contribution >= 4 is 11.8 Å². The second-order valence-corrected chi connectivity index (χ2v) is 7.90. The van der Waals surface area contributed by atoms with E-state index in [9.17, 15) is 9.59 Å². The predicted molar refractivity (Wildman–Crippen MR) is 116 cm³/mol. The minimum Gasteiger partial charge on any atom is -0.493 e. The Morgan fingerprint density at radius 1 is 1.03 bits per heavy atom. The molecule has 160 valence electrons. The zero-order chi connectivity index (χ0) is 21.7. The van der Waals surface area contributed by atoms with Crippen LogP contribution in [0.15, 0.2) is 42.5 Å². The first-order valence-corrected chi connectivity index (χ1v) is 10.3. The van der Waals surface area contributed by atoms with Crippen LogP contribution in [0.1, 0.15) is 54.1 Å². The van der Waals surface area contributed by atoms with E-state index in [2.05, 4.69) is 43.4 Å². The van der Waals surface area contributed by atoms with Crippen LogP contribution in [-0.2, 0) is 11.3 Å². The lowest BCUT2D eigenvalue weighted by molar-refractivity contribution is -0.131. The fourth-order valence-corrected chi connectivity index (χ4v) is 3.35. The molecule has 1 aliphatic rings. The van der Waals surface area contributed by atoms with Crippen molar-refractivity contribution in [1.82, 2.24) is 10.2 Å². The molecule has 0 aromatic heterocycles. The van der Waals surface area contributed by atoms with Crippen molar-refractivity contribution in [2.24, 2.45) is 0 Å². The van der Waals surface area contributed by atoms with Crippen molar-refractivity contribution in [1.29, 1.82) is 0 Å². The smallest absolute Gasteiger partial charge is 0.251 e. The van der Waals surface area contributed by atoms with Crippen molar-refractivity contribution in [3.05, 3.63) is 59.2 Å². The van der Waals surface area contributed by atoms with Crippen LogP contribution in [0.3, 0.4) is 0 Å². The van der Waals surface area contributed by atoms with E-state index in [0.29, 0.717) is 29.5 Å². The zero-order valence-electron chi connectivity index (χ0n) is 18.1. The van der Waals surface area contributed by atoms with Crippen molar-refractivity contribution < 1.29 is 19.1 Å². The van der Waals surface area contributed by atoms with E-state index in [1.165, 1.54) is 12.7 Å². The van der Waals surface area contributed by atoms with Crippen LogP contribution in [0.2, 0.25) is 0 Å². The third-order valence-electron chi connectivity index (χ3n) is 5.35. The van der Waals surface area contributed by atoms with E-state index < -0.39 is 0 Å². The Labute approximate surface area is 178 Å². The highest BCUT2D eigenvalue weighted by Crippen LogP contribution is 2.29. The van der Waals surface area contributed by atoms with Crippen molar-refractivity contribution in [2.45, 2.75) is 45.2 Å². The number of nitrogens with zero attached hydrogens (tertiary/aromatic N) is 1. The van der Waals surface area contributed by atoms with Gasteiger partial charge in [-0.1, -0.05) is 38.1 Å². The van der Waals surface area contributed by atoms with E-state index in [0.717, 1.165) is 18.4 Å². The van der Waals surface area contributed by atoms with Crippen molar-refractivity contribution in [3.63, 3.8) is 0 Å². The molecular formula is C24H30N2O4. The fourth-order valence-electron chi connectivity index (χ4n) is 3.35. The summed E-state index contributed by atoms with van der Waals surface area (Å²) in [7, 11) is 3.06. The molecule has 0 heterocycles. The van der Waals surface area contributed by atoms with Gasteiger partial charge in [-0.15, -0.1) is 0 Å². The van der Waals surface area contributed by atoms with Gasteiger partial charge in [0.25, 0.3) is 5.91 Å². The zero-order valence-corrected chi connectivity index (χ0v) is 18.1. The average Bonchev–Trinajstić information content (AvgIpc) is 3.60. The topological polar surface area (TPSA) is 67.9 Å². The minimum absolute atomic E-state index is 0.0340. The lowest BCUT2D eigenvalue weighted by Gasteiger charge is -2.23. The number of carbonyl (C=O) groups excluding carboxylic acids is 2. The molecular weight excluding hydrogens is 380 g/mol. The van der Waals surface area contributed by atoms with Gasteiger partial charge in [-0.3, -0.25) is 9.59 Å². The summed E-state index contributed by atoms with van der Waals surface area (Å²) in [6.07, 6.45) is 2.03. The van der Waals surface area contributed by atoms with Crippen LogP contribution in [0, 0.1) is 0 Å². The molecule has 30 heavy (non-hydrogen) atoms. The van der Waals surface area contributed by atoms with Gasteiger partial charge in [0, 0.05) is 18.2 Å². The lowest BCUT2D eigenvalue weighted by Crippen LogP contribution is -2.41. The molecule has 6 nitrogen and oxygen atoms in total. The molecule has 6 heteroatoms. The monoisotopic (exact) mass is 410 g/mol. The Balaban J connectivity index is 1.61. The van der Waals surface area contributed by atoms with Gasteiger partial charge in [0.1, 0.15) is 0 Å². The summed E-state index contributed by atoms with van der Waals surface area (Å²) in [6, 6.07) is 13.6. The quantitative estimate of drug-likeness (QED) is 0.684. The van der Waals surface area contributed by atoms with Crippen LogP contribution >= 0.6 is 0 Å². The van der Waals surface area contributed by atoms with Gasteiger partial charge in [-0.25, -0.2) is 0 Å². The first-order valence-electron chi connectivity index (χ1n) is 10.3. The van der Waals surface area contributed by atoms with Crippen LogP contribution in [0.4, 0.5) is 0 Å². The van der Waals surface area contributed by atoms with Crippen LogP contribution < -0.4 is 14.8 Å². The summed E-state index contributed by atoms with van der Waals surface area (Å²) in [6.45, 7) is 4.86. The first kappa shape index (κ1) is 21.7. The maximum atomic E-state index is 12.8. The molecule has 2 aromatic rings. The fraction of sp³-hybridized carbons (Fsp3) is 0.417. The maximum Gasteiger partial charge on any atom is 0.251 e. The molecule has 0 saturated heterocycles. The number of hydrogen-bond donors (Lipinski definition) is 1. The minimum atomic E-state index is -0.318. The Hall–Kier alpha value is -3.02. The molecule has 1 fully saturated rings. The number of benzene rings is 2. The average molecular weight is 411 g/mol. The highest BCUT2D eigenvalue weighted by molar-refractivity contribution is 5.97. The van der Waals surface area contributed by atoms with E-state index >= 15 is 0 Å². The number of ether oxygens (including phenoxy) is 2. The second kappa shape index (κ2) is 9.65. The molecule has 1 aliphatic carbocycles. The molecule has 2 aromatic carbocycles. The van der Waals surface area contributed by atoms with Gasteiger partial charge < -0.3 is 19.7 Å². The molecule has 0 atom stereocenters. The molecule has 0 radical (unpaired) electrons. The predicted octanol–water partition coefficient (Wildman–Crippen LogP) is 3.75. The highest BCUT2D eigenvalue weighted by Gasteiger charge is 2.32. The van der Waals surface area contributed by atoms with Crippen LogP contribution in [0.5, 0.6) is 11.5 Å². The molecule has 0 aliphatic heterocycles. The molecule has 3 rings (SSSR count). The van der Waals surface area contributed by atoms with E-state index in [4.69, 9.17) is 9.47 Å². The molecule has 0 unspecified atom stereocenters. The summed E-state index contributed by atoms with van der Waals surface area (Å²) < 4.78 is 10.4. The number of amides is 2. The summed E-state index contributed by atoms with van der Waals surface area (Å²) in [5.41, 5.74) is 2.80. The third-order valence-corrected chi connectivity index (χ3v) is 5.35. The van der Waals surface area contributed by atoms with E-state index in [1.54, 1.807) is 25.3 Å². The van der Waals surface area contributed by atoms with Crippen molar-refractivity contribution in [2.75, 3.05) is 20.8 Å². The van der Waals surface area contributed by atoms with Gasteiger partial charge >= 0.3 is 0 Å². The maximum absolute atomic E-state index is 12.8. The number of nitrogens with one attached hydrogen (secondary N) is 1. The van der Waals surface area contributed by atoms with Crippen molar-refractivity contribution in [3.8, 4) is 11.5 Å². The van der Waals surface area contributed by atoms with E-state index in [1.807, 2.05) is 4.90 Å². The third kappa shape index (κ3) is 5.32. The Bertz CT molecular complexity index is 889. The molecule has 1 N–H and O–H groups in total. The lowest BCUT2D eigenvalue weighted by atomic mass is 10.0. The molecule has 0 bridgehead atoms. The molecule has 0 spiro atoms. The second-order valence-electron chi connectivity index (χ2n) is 7.90. The number of methoxy groups -OCH3 is 2. The summed E-state index contributed by atoms with van der Waals surface area (Å²) in [5, 5.41) is 2.73. The Morgan fingerprint density at radius 2 is 1.70 bits per heavy atom. The van der Waals surface area contributed by atoms with Gasteiger partial charge in [-0.05, 0) is 48.1 Å². The van der Waals surface area contributed by atoms with Crippen LogP contribution in [-0.4, -0.2) is 43.5 Å². The summed E-state index contributed by atoms with van der Waals surface area (Å²) >= 11 is 0. The van der Waals surface area contributed by atoms with E-state index in [-0.39, 0.29) is 24.4 Å². The first-order chi connectivity index (χ1) is 14.4. The largest absolute Gasteiger partial charge is 0.493 e. The molecule has 2 amide bonds. The molecule has 1 saturated carbocycles. The number of carbonyl (C=O) groups is 2. The van der Waals surface area contributed by atoms with Crippen LogP contribution in [0.25, 0.3) is 0 Å². The van der Waals surface area contributed by atoms with Gasteiger partial charge in [0.05, 0.1) is 20.8 Å². The number of rotatable bonds is 9. The Kier molecular flexibility index (Phi) is 6.98. The highest BCUT2D eigenvalue weighted by atomic mass is 16.5. The summed E-state index contributed by atoms with van der Waals surface area (Å²) in [5.74, 6) is 1.11. The standard InChI is InChI=1S/C24H30N2O4/c1-16(2)18-7-5-17(6-8-18)15-26(20-10-11-20)23(27)14-25-24(28)19-9-12-21(29-3)22(13-19)30-4/h5-9,12-13,16,20H,10-11,14-15H2,1-4H3,(H,25,28). The van der Waals surface area contributed by atoms with Gasteiger partial charge in [0.2, 0.25) is 5.91 Å².